The van der Waals surface area contributed by atoms with Gasteiger partial charge in [-0.15, -0.1) is 11.3 Å². The van der Waals surface area contributed by atoms with Crippen LogP contribution in [-0.2, 0) is 11.3 Å². The quantitative estimate of drug-likeness (QED) is 0.740. The Morgan fingerprint density at radius 1 is 1.30 bits per heavy atom. The summed E-state index contributed by atoms with van der Waals surface area (Å²) in [6, 6.07) is 5.95. The van der Waals surface area contributed by atoms with E-state index in [2.05, 4.69) is 4.98 Å². The fourth-order valence-corrected chi connectivity index (χ4v) is 3.12. The first-order valence-electron chi connectivity index (χ1n) is 6.90. The molecule has 0 aliphatic rings. The highest BCUT2D eigenvalue weighted by atomic mass is 32.1. The Hall–Kier alpha value is -2.54. The Labute approximate surface area is 135 Å². The minimum atomic E-state index is -0.333. The summed E-state index contributed by atoms with van der Waals surface area (Å²) in [6.45, 7) is -0.0620. The van der Waals surface area contributed by atoms with Gasteiger partial charge in [-0.05, 0) is 17.7 Å². The fraction of sp³-hybridized carbons (Fsp3) is 0.188. The van der Waals surface area contributed by atoms with Gasteiger partial charge in [-0.1, -0.05) is 12.1 Å². The summed E-state index contributed by atoms with van der Waals surface area (Å²) in [7, 11) is 3.27. The molecule has 0 aliphatic carbocycles. The summed E-state index contributed by atoms with van der Waals surface area (Å²) in [6.07, 6.45) is 1.39. The summed E-state index contributed by atoms with van der Waals surface area (Å²) >= 11 is 1.35. The monoisotopic (exact) mass is 331 g/mol. The highest BCUT2D eigenvalue weighted by Crippen LogP contribution is 2.30. The first-order chi connectivity index (χ1) is 11.0. The van der Waals surface area contributed by atoms with Crippen LogP contribution in [-0.4, -0.2) is 34.5 Å². The van der Waals surface area contributed by atoms with E-state index in [-0.39, 0.29) is 23.8 Å². The maximum Gasteiger partial charge on any atom is 0.263 e. The molecule has 0 N–H and O–H groups in total. The molecule has 23 heavy (non-hydrogen) atoms. The van der Waals surface area contributed by atoms with Gasteiger partial charge in [-0.25, -0.2) is 9.37 Å². The van der Waals surface area contributed by atoms with E-state index >= 15 is 0 Å². The van der Waals surface area contributed by atoms with Crippen molar-refractivity contribution in [1.29, 1.82) is 0 Å². The maximum absolute atomic E-state index is 13.1. The second-order valence-corrected chi connectivity index (χ2v) is 6.16. The molecule has 2 aromatic heterocycles. The predicted molar refractivity (Wildman–Crippen MR) is 88.0 cm³/mol. The smallest absolute Gasteiger partial charge is 0.263 e. The van der Waals surface area contributed by atoms with E-state index in [0.29, 0.717) is 15.8 Å². The Morgan fingerprint density at radius 2 is 2.00 bits per heavy atom. The summed E-state index contributed by atoms with van der Waals surface area (Å²) < 4.78 is 14.4. The molecule has 0 atom stereocenters. The topological polar surface area (TPSA) is 55.2 Å². The normalized spacial score (nSPS) is 10.9. The van der Waals surface area contributed by atoms with Crippen molar-refractivity contribution in [2.45, 2.75) is 6.54 Å². The lowest BCUT2D eigenvalue weighted by Gasteiger charge is -2.11. The number of hydrogen-bond donors (Lipinski definition) is 0. The second-order valence-electron chi connectivity index (χ2n) is 5.30. The Balaban J connectivity index is 2.13. The van der Waals surface area contributed by atoms with Crippen molar-refractivity contribution in [1.82, 2.24) is 14.5 Å². The lowest BCUT2D eigenvalue weighted by molar-refractivity contribution is -0.129. The van der Waals surface area contributed by atoms with Crippen LogP contribution in [0.1, 0.15) is 0 Å². The number of carbonyl (C=O) groups excluding carboxylic acids is 1. The van der Waals surface area contributed by atoms with E-state index < -0.39 is 0 Å². The van der Waals surface area contributed by atoms with Crippen LogP contribution < -0.4 is 5.56 Å². The van der Waals surface area contributed by atoms with Gasteiger partial charge >= 0.3 is 0 Å². The molecule has 0 spiro atoms. The van der Waals surface area contributed by atoms with Gasteiger partial charge in [0.15, 0.2) is 0 Å². The highest BCUT2D eigenvalue weighted by molar-refractivity contribution is 7.17. The third kappa shape index (κ3) is 2.87. The minimum absolute atomic E-state index is 0.0620. The van der Waals surface area contributed by atoms with Crippen LogP contribution in [0, 0.1) is 5.82 Å². The van der Waals surface area contributed by atoms with Crippen molar-refractivity contribution >= 4 is 27.5 Å². The molecule has 1 amide bonds. The van der Waals surface area contributed by atoms with Crippen molar-refractivity contribution < 1.29 is 9.18 Å². The SMILES string of the molecule is CN(C)C(=O)Cn1cnc2scc(-c3ccc(F)cc3)c2c1=O. The van der Waals surface area contributed by atoms with E-state index in [9.17, 15) is 14.0 Å². The number of rotatable bonds is 3. The van der Waals surface area contributed by atoms with E-state index in [1.165, 1.54) is 39.3 Å². The second kappa shape index (κ2) is 5.92. The number of likely N-dealkylation sites (N-methyl/N-ethyl adjacent to an activating group) is 1. The fourth-order valence-electron chi connectivity index (χ4n) is 2.21. The Bertz CT molecular complexity index is 929. The zero-order valence-corrected chi connectivity index (χ0v) is 13.4. The van der Waals surface area contributed by atoms with Crippen LogP contribution in [0.5, 0.6) is 0 Å². The van der Waals surface area contributed by atoms with Crippen molar-refractivity contribution in [3.63, 3.8) is 0 Å². The average molecular weight is 331 g/mol. The molecule has 0 aliphatic heterocycles. The summed E-state index contributed by atoms with van der Waals surface area (Å²) in [5.74, 6) is -0.521. The van der Waals surface area contributed by atoms with Crippen LogP contribution in [0.25, 0.3) is 21.3 Å². The van der Waals surface area contributed by atoms with Crippen molar-refractivity contribution in [3.8, 4) is 11.1 Å². The summed E-state index contributed by atoms with van der Waals surface area (Å²) in [5, 5.41) is 2.28. The molecule has 0 unspecified atom stereocenters. The molecule has 0 saturated carbocycles. The van der Waals surface area contributed by atoms with E-state index in [1.807, 2.05) is 5.38 Å². The standard InChI is InChI=1S/C16H14FN3O2S/c1-19(2)13(21)7-20-9-18-15-14(16(20)22)12(8-23-15)10-3-5-11(17)6-4-10/h3-6,8-9H,7H2,1-2H3. The van der Waals surface area contributed by atoms with Crippen molar-refractivity contribution in [2.75, 3.05) is 14.1 Å². The van der Waals surface area contributed by atoms with Gasteiger partial charge < -0.3 is 4.90 Å². The van der Waals surface area contributed by atoms with Gasteiger partial charge in [-0.3, -0.25) is 14.2 Å². The van der Waals surface area contributed by atoms with Crippen LogP contribution >= 0.6 is 11.3 Å². The number of benzene rings is 1. The number of halogens is 1. The largest absolute Gasteiger partial charge is 0.347 e. The summed E-state index contributed by atoms with van der Waals surface area (Å²) in [5.41, 5.74) is 1.17. The minimum Gasteiger partial charge on any atom is -0.347 e. The zero-order chi connectivity index (χ0) is 16.6. The zero-order valence-electron chi connectivity index (χ0n) is 12.6. The molecule has 3 rings (SSSR count). The number of carbonyl (C=O) groups is 1. The third-order valence-corrected chi connectivity index (χ3v) is 4.41. The predicted octanol–water partition coefficient (Wildman–Crippen LogP) is 2.35. The number of aromatic nitrogens is 2. The van der Waals surface area contributed by atoms with Crippen LogP contribution in [0.4, 0.5) is 4.39 Å². The number of hydrogen-bond acceptors (Lipinski definition) is 4. The van der Waals surface area contributed by atoms with Crippen LogP contribution in [0.3, 0.4) is 0 Å². The average Bonchev–Trinajstić information content (AvgIpc) is 2.95. The van der Waals surface area contributed by atoms with Gasteiger partial charge in [-0.2, -0.15) is 0 Å². The molecular weight excluding hydrogens is 317 g/mol. The maximum atomic E-state index is 13.1. The molecule has 7 heteroatoms. The molecule has 118 valence electrons. The number of fused-ring (bicyclic) bond motifs is 1. The molecule has 2 heterocycles. The Kier molecular flexibility index (Phi) is 3.96. The highest BCUT2D eigenvalue weighted by Gasteiger charge is 2.15. The van der Waals surface area contributed by atoms with Gasteiger partial charge in [0.1, 0.15) is 17.2 Å². The first-order valence-corrected chi connectivity index (χ1v) is 7.78. The van der Waals surface area contributed by atoms with E-state index in [0.717, 1.165) is 5.56 Å². The lowest BCUT2D eigenvalue weighted by Crippen LogP contribution is -2.31. The number of amides is 1. The lowest BCUT2D eigenvalue weighted by atomic mass is 10.1. The summed E-state index contributed by atoms with van der Waals surface area (Å²) in [4.78, 5) is 30.8. The molecule has 0 fully saturated rings. The molecule has 3 aromatic rings. The van der Waals surface area contributed by atoms with Gasteiger partial charge in [0.2, 0.25) is 5.91 Å². The van der Waals surface area contributed by atoms with Crippen molar-refractivity contribution in [2.24, 2.45) is 0 Å². The molecule has 0 saturated heterocycles. The molecule has 0 bridgehead atoms. The Morgan fingerprint density at radius 3 is 2.65 bits per heavy atom. The first kappa shape index (κ1) is 15.4. The number of thiophene rings is 1. The van der Waals surface area contributed by atoms with Crippen molar-refractivity contribution in [3.05, 3.63) is 52.1 Å². The molecule has 0 radical (unpaired) electrons. The van der Waals surface area contributed by atoms with Crippen LogP contribution in [0.2, 0.25) is 0 Å². The van der Waals surface area contributed by atoms with E-state index in [4.69, 9.17) is 0 Å². The molecule has 5 nitrogen and oxygen atoms in total. The number of nitrogens with zero attached hydrogens (tertiary/aromatic N) is 3. The molecule has 1 aromatic carbocycles. The van der Waals surface area contributed by atoms with Gasteiger partial charge in [0.05, 0.1) is 11.7 Å². The van der Waals surface area contributed by atoms with Gasteiger partial charge in [0.25, 0.3) is 5.56 Å². The van der Waals surface area contributed by atoms with Gasteiger partial charge in [0, 0.05) is 25.0 Å². The third-order valence-electron chi connectivity index (χ3n) is 3.52. The molecular formula is C16H14FN3O2S. The van der Waals surface area contributed by atoms with E-state index in [1.54, 1.807) is 26.2 Å². The van der Waals surface area contributed by atoms with Crippen LogP contribution in [0.15, 0.2) is 40.8 Å².